The van der Waals surface area contributed by atoms with E-state index in [0.29, 0.717) is 13.0 Å². The second-order valence-electron chi connectivity index (χ2n) is 5.64. The van der Waals surface area contributed by atoms with Crippen LogP contribution in [0.1, 0.15) is 24.9 Å². The van der Waals surface area contributed by atoms with Crippen molar-refractivity contribution in [2.24, 2.45) is 0 Å². The fourth-order valence-corrected chi connectivity index (χ4v) is 2.74. The zero-order chi connectivity index (χ0) is 16.9. The van der Waals surface area contributed by atoms with Crippen LogP contribution in [0, 0.1) is 0 Å². The van der Waals surface area contributed by atoms with Gasteiger partial charge in [0, 0.05) is 11.3 Å². The number of phenolic OH excluding ortho intramolecular Hbond substituents is 1. The van der Waals surface area contributed by atoms with Crippen molar-refractivity contribution in [3.8, 4) is 11.5 Å². The van der Waals surface area contributed by atoms with E-state index in [1.54, 1.807) is 12.1 Å². The third kappa shape index (κ3) is 3.67. The van der Waals surface area contributed by atoms with E-state index in [4.69, 9.17) is 4.74 Å². The average Bonchev–Trinajstić information content (AvgIpc) is 3.07. The first-order valence-corrected chi connectivity index (χ1v) is 8.00. The lowest BCUT2D eigenvalue weighted by Gasteiger charge is -2.12. The van der Waals surface area contributed by atoms with Gasteiger partial charge in [0.05, 0.1) is 12.6 Å². The molecule has 0 radical (unpaired) electrons. The molecule has 126 valence electrons. The molecule has 2 atom stereocenters. The number of amides is 1. The Morgan fingerprint density at radius 2 is 1.96 bits per heavy atom. The number of nitrogens with one attached hydrogen (secondary N) is 3. The summed E-state index contributed by atoms with van der Waals surface area (Å²) in [5, 5.41) is 12.8. The molecular formula is C18H21N3O3. The number of phenols is 1. The summed E-state index contributed by atoms with van der Waals surface area (Å²) in [5.74, 6) is 0.879. The molecule has 3 rings (SSSR count). The number of aromatic hydroxyl groups is 1. The van der Waals surface area contributed by atoms with Crippen LogP contribution in [0.4, 0.5) is 5.69 Å². The molecule has 2 aromatic carbocycles. The van der Waals surface area contributed by atoms with Crippen molar-refractivity contribution in [2.45, 2.75) is 25.4 Å². The monoisotopic (exact) mass is 327 g/mol. The smallest absolute Gasteiger partial charge is 0.242 e. The zero-order valence-electron chi connectivity index (χ0n) is 13.5. The summed E-state index contributed by atoms with van der Waals surface area (Å²) >= 11 is 0. The third-order valence-electron chi connectivity index (χ3n) is 3.96. The van der Waals surface area contributed by atoms with Gasteiger partial charge in [-0.05, 0) is 43.7 Å². The molecule has 2 unspecified atom stereocenters. The van der Waals surface area contributed by atoms with Gasteiger partial charge in [-0.3, -0.25) is 4.79 Å². The van der Waals surface area contributed by atoms with E-state index in [2.05, 4.69) is 16.2 Å². The molecule has 6 heteroatoms. The number of hydrogen-bond acceptors (Lipinski definition) is 5. The number of hydrazine groups is 1. The SMILES string of the molecule is CCOc1ccc(NC(=O)C2CC(c3ccccc3O)NN2)cc1. The Morgan fingerprint density at radius 3 is 2.67 bits per heavy atom. The fourth-order valence-electron chi connectivity index (χ4n) is 2.74. The molecule has 2 aromatic rings. The van der Waals surface area contributed by atoms with Gasteiger partial charge in [-0.1, -0.05) is 18.2 Å². The number of ether oxygens (including phenoxy) is 1. The lowest BCUT2D eigenvalue weighted by Crippen LogP contribution is -2.39. The lowest BCUT2D eigenvalue weighted by molar-refractivity contribution is -0.117. The second-order valence-corrected chi connectivity index (χ2v) is 5.64. The van der Waals surface area contributed by atoms with Crippen molar-refractivity contribution < 1.29 is 14.6 Å². The van der Waals surface area contributed by atoms with Gasteiger partial charge >= 0.3 is 0 Å². The molecule has 0 saturated carbocycles. The molecule has 1 amide bonds. The number of rotatable bonds is 5. The number of benzene rings is 2. The first-order valence-electron chi connectivity index (χ1n) is 8.00. The predicted octanol–water partition coefficient (Wildman–Crippen LogP) is 2.34. The summed E-state index contributed by atoms with van der Waals surface area (Å²) in [7, 11) is 0. The molecule has 6 nitrogen and oxygen atoms in total. The van der Waals surface area contributed by atoms with Crippen LogP contribution in [0.15, 0.2) is 48.5 Å². The van der Waals surface area contributed by atoms with Gasteiger partial charge in [-0.25, -0.2) is 10.9 Å². The van der Waals surface area contributed by atoms with Gasteiger partial charge in [0.15, 0.2) is 0 Å². The van der Waals surface area contributed by atoms with Crippen molar-refractivity contribution in [1.82, 2.24) is 10.9 Å². The molecule has 1 saturated heterocycles. The molecule has 4 N–H and O–H groups in total. The molecule has 0 aromatic heterocycles. The quantitative estimate of drug-likeness (QED) is 0.678. The molecular weight excluding hydrogens is 306 g/mol. The predicted molar refractivity (Wildman–Crippen MR) is 91.8 cm³/mol. The first-order chi connectivity index (χ1) is 11.7. The largest absolute Gasteiger partial charge is 0.508 e. The van der Waals surface area contributed by atoms with Gasteiger partial charge in [0.2, 0.25) is 5.91 Å². The molecule has 1 fully saturated rings. The van der Waals surface area contributed by atoms with Crippen LogP contribution in [-0.2, 0) is 4.79 Å². The van der Waals surface area contributed by atoms with Crippen LogP contribution in [0.2, 0.25) is 0 Å². The van der Waals surface area contributed by atoms with Crippen LogP contribution in [0.3, 0.4) is 0 Å². The van der Waals surface area contributed by atoms with Gasteiger partial charge in [-0.2, -0.15) is 0 Å². The Morgan fingerprint density at radius 1 is 1.21 bits per heavy atom. The molecule has 24 heavy (non-hydrogen) atoms. The van der Waals surface area contributed by atoms with Crippen LogP contribution in [0.5, 0.6) is 11.5 Å². The highest BCUT2D eigenvalue weighted by atomic mass is 16.5. The summed E-state index contributed by atoms with van der Waals surface area (Å²) in [6.45, 7) is 2.53. The Labute approximate surface area is 140 Å². The van der Waals surface area contributed by atoms with Gasteiger partial charge < -0.3 is 15.2 Å². The van der Waals surface area contributed by atoms with Crippen LogP contribution < -0.4 is 20.9 Å². The van der Waals surface area contributed by atoms with E-state index in [1.807, 2.05) is 43.3 Å². The number of carbonyl (C=O) groups excluding carboxylic acids is 1. The minimum atomic E-state index is -0.374. The zero-order valence-corrected chi connectivity index (χ0v) is 13.5. The maximum Gasteiger partial charge on any atom is 0.242 e. The van der Waals surface area contributed by atoms with E-state index < -0.39 is 0 Å². The number of carbonyl (C=O) groups is 1. The number of hydrogen-bond donors (Lipinski definition) is 4. The minimum Gasteiger partial charge on any atom is -0.508 e. The summed E-state index contributed by atoms with van der Waals surface area (Å²) < 4.78 is 5.38. The average molecular weight is 327 g/mol. The molecule has 1 aliphatic rings. The molecule has 1 heterocycles. The summed E-state index contributed by atoms with van der Waals surface area (Å²) in [6, 6.07) is 13.9. The van der Waals surface area contributed by atoms with Crippen LogP contribution >= 0.6 is 0 Å². The summed E-state index contributed by atoms with van der Waals surface area (Å²) in [6.07, 6.45) is 0.556. The third-order valence-corrected chi connectivity index (χ3v) is 3.96. The van der Waals surface area contributed by atoms with Crippen molar-refractivity contribution >= 4 is 11.6 Å². The first kappa shape index (κ1) is 16.3. The Hall–Kier alpha value is -2.57. The molecule has 0 bridgehead atoms. The van der Waals surface area contributed by atoms with Crippen molar-refractivity contribution in [2.75, 3.05) is 11.9 Å². The lowest BCUT2D eigenvalue weighted by atomic mass is 10.0. The Bertz CT molecular complexity index is 703. The topological polar surface area (TPSA) is 82.6 Å². The highest BCUT2D eigenvalue weighted by Crippen LogP contribution is 2.29. The van der Waals surface area contributed by atoms with Crippen molar-refractivity contribution in [3.05, 3.63) is 54.1 Å². The van der Waals surface area contributed by atoms with Crippen molar-refractivity contribution in [1.29, 1.82) is 0 Å². The molecule has 0 aliphatic carbocycles. The van der Waals surface area contributed by atoms with E-state index in [1.165, 1.54) is 0 Å². The standard InChI is InChI=1S/C18H21N3O3/c1-2-24-13-9-7-12(8-10-13)19-18(23)16-11-15(20-21-16)14-5-3-4-6-17(14)22/h3-10,15-16,20-22H,2,11H2,1H3,(H,19,23). The normalized spacial score (nSPS) is 19.9. The molecule has 1 aliphatic heterocycles. The minimum absolute atomic E-state index is 0.109. The van der Waals surface area contributed by atoms with E-state index >= 15 is 0 Å². The highest BCUT2D eigenvalue weighted by molar-refractivity contribution is 5.95. The Balaban J connectivity index is 1.59. The van der Waals surface area contributed by atoms with Crippen molar-refractivity contribution in [3.63, 3.8) is 0 Å². The molecule has 0 spiro atoms. The van der Waals surface area contributed by atoms with E-state index in [-0.39, 0.29) is 23.7 Å². The number of anilines is 1. The van der Waals surface area contributed by atoms with Gasteiger partial charge in [-0.15, -0.1) is 0 Å². The summed E-state index contributed by atoms with van der Waals surface area (Å²) in [5.41, 5.74) is 7.55. The van der Waals surface area contributed by atoms with E-state index in [9.17, 15) is 9.90 Å². The highest BCUT2D eigenvalue weighted by Gasteiger charge is 2.31. The van der Waals surface area contributed by atoms with E-state index in [0.717, 1.165) is 17.0 Å². The van der Waals surface area contributed by atoms with Gasteiger partial charge in [0.1, 0.15) is 17.5 Å². The summed E-state index contributed by atoms with van der Waals surface area (Å²) in [4.78, 5) is 12.4. The number of para-hydroxylation sites is 1. The fraction of sp³-hybridized carbons (Fsp3) is 0.278. The van der Waals surface area contributed by atoms with Gasteiger partial charge in [0.25, 0.3) is 0 Å². The van der Waals surface area contributed by atoms with Crippen LogP contribution in [-0.4, -0.2) is 23.7 Å². The maximum absolute atomic E-state index is 12.4. The van der Waals surface area contributed by atoms with Crippen LogP contribution in [0.25, 0.3) is 0 Å². The maximum atomic E-state index is 12.4. The Kier molecular flexibility index (Phi) is 4.98. The second kappa shape index (κ2) is 7.33.